The van der Waals surface area contributed by atoms with Crippen molar-refractivity contribution in [1.82, 2.24) is 10.1 Å². The van der Waals surface area contributed by atoms with Gasteiger partial charge in [0.15, 0.2) is 5.82 Å². The summed E-state index contributed by atoms with van der Waals surface area (Å²) in [5.74, 6) is 1.62. The van der Waals surface area contributed by atoms with Gasteiger partial charge in [-0.15, -0.1) is 0 Å². The van der Waals surface area contributed by atoms with Gasteiger partial charge in [-0.05, 0) is 36.6 Å². The molecule has 4 nitrogen and oxygen atoms in total. The van der Waals surface area contributed by atoms with E-state index in [0.29, 0.717) is 22.7 Å². The average molecular weight is 329 g/mol. The lowest BCUT2D eigenvalue weighted by molar-refractivity contribution is 0.372. The predicted octanol–water partition coefficient (Wildman–Crippen LogP) is 3.41. The molecular formula is C12H11BrClN3O. The van der Waals surface area contributed by atoms with Gasteiger partial charge in [-0.25, -0.2) is 0 Å². The summed E-state index contributed by atoms with van der Waals surface area (Å²) in [7, 11) is 0. The van der Waals surface area contributed by atoms with Crippen LogP contribution >= 0.6 is 27.5 Å². The van der Waals surface area contributed by atoms with Crippen molar-refractivity contribution in [3.8, 4) is 0 Å². The van der Waals surface area contributed by atoms with Gasteiger partial charge in [0.1, 0.15) is 0 Å². The van der Waals surface area contributed by atoms with Gasteiger partial charge in [-0.2, -0.15) is 4.98 Å². The van der Waals surface area contributed by atoms with Crippen molar-refractivity contribution in [2.45, 2.75) is 24.8 Å². The van der Waals surface area contributed by atoms with Gasteiger partial charge in [0.2, 0.25) is 5.89 Å². The van der Waals surface area contributed by atoms with E-state index in [1.54, 1.807) is 6.07 Å². The van der Waals surface area contributed by atoms with Crippen LogP contribution in [0, 0.1) is 0 Å². The third kappa shape index (κ3) is 2.30. The van der Waals surface area contributed by atoms with Gasteiger partial charge in [-0.1, -0.05) is 32.7 Å². The zero-order valence-electron chi connectivity index (χ0n) is 9.44. The van der Waals surface area contributed by atoms with Gasteiger partial charge < -0.3 is 10.3 Å². The first-order valence-corrected chi connectivity index (χ1v) is 6.86. The molecule has 6 heteroatoms. The molecule has 0 amide bonds. The second-order valence-corrected chi connectivity index (χ2v) is 5.70. The van der Waals surface area contributed by atoms with E-state index in [1.165, 1.54) is 0 Å². The van der Waals surface area contributed by atoms with Crippen molar-refractivity contribution >= 4 is 27.5 Å². The highest BCUT2D eigenvalue weighted by Crippen LogP contribution is 2.39. The standard InChI is InChI=1S/C12H11BrClN3O/c13-9-4-3-7(14)5-8(9)10(15)11-16-12(18-17-11)6-1-2-6/h3-6,10H,1-2,15H2. The van der Waals surface area contributed by atoms with E-state index >= 15 is 0 Å². The van der Waals surface area contributed by atoms with Crippen molar-refractivity contribution < 1.29 is 4.52 Å². The zero-order valence-corrected chi connectivity index (χ0v) is 11.8. The van der Waals surface area contributed by atoms with Gasteiger partial charge >= 0.3 is 0 Å². The van der Waals surface area contributed by atoms with Crippen LogP contribution < -0.4 is 5.73 Å². The van der Waals surface area contributed by atoms with Crippen molar-refractivity contribution in [3.63, 3.8) is 0 Å². The summed E-state index contributed by atoms with van der Waals surface area (Å²) < 4.78 is 6.10. The number of hydrogen-bond acceptors (Lipinski definition) is 4. The quantitative estimate of drug-likeness (QED) is 0.937. The molecule has 1 unspecified atom stereocenters. The molecule has 1 atom stereocenters. The number of halogens is 2. The maximum atomic E-state index is 6.15. The Labute approximate surface area is 118 Å². The Morgan fingerprint density at radius 1 is 1.44 bits per heavy atom. The van der Waals surface area contributed by atoms with E-state index in [4.69, 9.17) is 21.9 Å². The fourth-order valence-electron chi connectivity index (χ4n) is 1.76. The van der Waals surface area contributed by atoms with E-state index < -0.39 is 6.04 Å². The molecule has 3 rings (SSSR count). The summed E-state index contributed by atoms with van der Waals surface area (Å²) in [5, 5.41) is 4.58. The highest BCUT2D eigenvalue weighted by atomic mass is 79.9. The molecule has 2 aromatic rings. The van der Waals surface area contributed by atoms with Crippen LogP contribution in [0.5, 0.6) is 0 Å². The van der Waals surface area contributed by atoms with Crippen LogP contribution in [-0.4, -0.2) is 10.1 Å². The smallest absolute Gasteiger partial charge is 0.229 e. The molecule has 1 aromatic carbocycles. The molecule has 1 saturated carbocycles. The van der Waals surface area contributed by atoms with E-state index in [2.05, 4.69) is 26.1 Å². The molecule has 94 valence electrons. The fraction of sp³-hybridized carbons (Fsp3) is 0.333. The largest absolute Gasteiger partial charge is 0.339 e. The second kappa shape index (κ2) is 4.64. The van der Waals surface area contributed by atoms with Crippen LogP contribution in [0.15, 0.2) is 27.2 Å². The maximum Gasteiger partial charge on any atom is 0.229 e. The van der Waals surface area contributed by atoms with E-state index in [0.717, 1.165) is 22.9 Å². The number of nitrogens with two attached hydrogens (primary N) is 1. The number of rotatable bonds is 3. The monoisotopic (exact) mass is 327 g/mol. The van der Waals surface area contributed by atoms with Crippen LogP contribution in [0.2, 0.25) is 5.02 Å². The SMILES string of the molecule is NC(c1noc(C2CC2)n1)c1cc(Cl)ccc1Br. The summed E-state index contributed by atoms with van der Waals surface area (Å²) in [4.78, 5) is 4.35. The first kappa shape index (κ1) is 12.1. The molecule has 1 fully saturated rings. The Hall–Kier alpha value is -0.910. The van der Waals surface area contributed by atoms with Crippen molar-refractivity contribution in [3.05, 3.63) is 45.0 Å². The number of hydrogen-bond donors (Lipinski definition) is 1. The zero-order chi connectivity index (χ0) is 12.7. The van der Waals surface area contributed by atoms with E-state index in [-0.39, 0.29) is 0 Å². The summed E-state index contributed by atoms with van der Waals surface area (Å²) in [6.45, 7) is 0. The molecule has 1 heterocycles. The normalized spacial score (nSPS) is 16.8. The summed E-state index contributed by atoms with van der Waals surface area (Å²) >= 11 is 9.42. The number of aromatic nitrogens is 2. The third-order valence-electron chi connectivity index (χ3n) is 2.96. The van der Waals surface area contributed by atoms with Gasteiger partial charge in [0.25, 0.3) is 0 Å². The maximum absolute atomic E-state index is 6.15. The first-order chi connectivity index (χ1) is 8.65. The number of nitrogens with zero attached hydrogens (tertiary/aromatic N) is 2. The molecule has 2 N–H and O–H groups in total. The fourth-order valence-corrected chi connectivity index (χ4v) is 2.44. The number of benzene rings is 1. The molecule has 0 saturated heterocycles. The average Bonchev–Trinajstić information content (AvgIpc) is 3.09. The summed E-state index contributed by atoms with van der Waals surface area (Å²) in [5.41, 5.74) is 7.00. The molecular weight excluding hydrogens is 318 g/mol. The Kier molecular flexibility index (Phi) is 3.13. The molecule has 0 bridgehead atoms. The van der Waals surface area contributed by atoms with Gasteiger partial charge in [0, 0.05) is 15.4 Å². The molecule has 0 aliphatic heterocycles. The Bertz CT molecular complexity index is 582. The summed E-state index contributed by atoms with van der Waals surface area (Å²) in [6, 6.07) is 5.03. The van der Waals surface area contributed by atoms with Crippen molar-refractivity contribution in [2.75, 3.05) is 0 Å². The molecule has 1 aliphatic rings. The minimum atomic E-state index is -0.436. The molecule has 1 aromatic heterocycles. The van der Waals surface area contributed by atoms with Crippen molar-refractivity contribution in [2.24, 2.45) is 5.73 Å². The van der Waals surface area contributed by atoms with Crippen molar-refractivity contribution in [1.29, 1.82) is 0 Å². The third-order valence-corrected chi connectivity index (χ3v) is 3.91. The second-order valence-electron chi connectivity index (χ2n) is 4.41. The molecule has 0 spiro atoms. The van der Waals surface area contributed by atoms with Crippen LogP contribution in [0.25, 0.3) is 0 Å². The van der Waals surface area contributed by atoms with E-state index in [1.807, 2.05) is 12.1 Å². The lowest BCUT2D eigenvalue weighted by atomic mass is 10.1. The van der Waals surface area contributed by atoms with E-state index in [9.17, 15) is 0 Å². The Balaban J connectivity index is 1.92. The summed E-state index contributed by atoms with van der Waals surface area (Å²) in [6.07, 6.45) is 2.25. The van der Waals surface area contributed by atoms with Crippen LogP contribution in [0.1, 0.15) is 42.1 Å². The van der Waals surface area contributed by atoms with Crippen LogP contribution in [0.3, 0.4) is 0 Å². The predicted molar refractivity (Wildman–Crippen MR) is 71.5 cm³/mol. The first-order valence-electron chi connectivity index (χ1n) is 5.69. The minimum Gasteiger partial charge on any atom is -0.339 e. The molecule has 0 radical (unpaired) electrons. The van der Waals surface area contributed by atoms with Crippen LogP contribution in [-0.2, 0) is 0 Å². The Morgan fingerprint density at radius 2 is 2.22 bits per heavy atom. The molecule has 18 heavy (non-hydrogen) atoms. The molecule has 1 aliphatic carbocycles. The highest BCUT2D eigenvalue weighted by molar-refractivity contribution is 9.10. The minimum absolute atomic E-state index is 0.432. The van der Waals surface area contributed by atoms with Gasteiger partial charge in [0.05, 0.1) is 6.04 Å². The topological polar surface area (TPSA) is 64.9 Å². The highest BCUT2D eigenvalue weighted by Gasteiger charge is 2.30. The lowest BCUT2D eigenvalue weighted by Crippen LogP contribution is -2.14. The van der Waals surface area contributed by atoms with Gasteiger partial charge in [-0.3, -0.25) is 0 Å². The van der Waals surface area contributed by atoms with Crippen LogP contribution in [0.4, 0.5) is 0 Å². The Morgan fingerprint density at radius 3 is 2.94 bits per heavy atom. The lowest BCUT2D eigenvalue weighted by Gasteiger charge is -2.10.